The molecule has 1 heterocycles. The molecule has 5 nitrogen and oxygen atoms in total. The summed E-state index contributed by atoms with van der Waals surface area (Å²) in [6, 6.07) is 5.27. The molecule has 18 heavy (non-hydrogen) atoms. The number of nitrogens with zero attached hydrogens (tertiary/aromatic N) is 2. The Hall–Kier alpha value is -1.46. The van der Waals surface area contributed by atoms with E-state index in [0.717, 1.165) is 5.69 Å². The van der Waals surface area contributed by atoms with Crippen molar-refractivity contribution in [1.29, 1.82) is 0 Å². The van der Waals surface area contributed by atoms with Gasteiger partial charge in [-0.15, -0.1) is 0 Å². The second-order valence-electron chi connectivity index (χ2n) is 4.21. The lowest BCUT2D eigenvalue weighted by Crippen LogP contribution is -2.35. The Kier molecular flexibility index (Phi) is 3.63. The van der Waals surface area contributed by atoms with Gasteiger partial charge in [-0.2, -0.15) is 0 Å². The molecular weight excluding hydrogens is 254 g/mol. The van der Waals surface area contributed by atoms with Crippen LogP contribution in [0.4, 0.5) is 10.5 Å². The molecule has 0 spiro atoms. The van der Waals surface area contributed by atoms with Crippen LogP contribution in [0.2, 0.25) is 5.02 Å². The highest BCUT2D eigenvalue weighted by atomic mass is 35.5. The van der Waals surface area contributed by atoms with Crippen molar-refractivity contribution >= 4 is 23.3 Å². The number of amides is 2. The highest BCUT2D eigenvalue weighted by Gasteiger charge is 2.34. The summed E-state index contributed by atoms with van der Waals surface area (Å²) < 4.78 is 5.09. The summed E-state index contributed by atoms with van der Waals surface area (Å²) in [6.07, 6.45) is 0. The highest BCUT2D eigenvalue weighted by molar-refractivity contribution is 6.32. The lowest BCUT2D eigenvalue weighted by molar-refractivity contribution is 0.219. The Balaban J connectivity index is 2.27. The number of halogens is 1. The van der Waals surface area contributed by atoms with Gasteiger partial charge in [0.15, 0.2) is 0 Å². The molecule has 0 bridgehead atoms. The number of ether oxygens (including phenoxy) is 1. The largest absolute Gasteiger partial charge is 0.495 e. The quantitative estimate of drug-likeness (QED) is 0.906. The molecule has 1 aliphatic rings. The monoisotopic (exact) mass is 269 g/mol. The minimum atomic E-state index is -0.0633. The first-order valence-electron chi connectivity index (χ1n) is 5.66. The highest BCUT2D eigenvalue weighted by Crippen LogP contribution is 2.31. The summed E-state index contributed by atoms with van der Waals surface area (Å²) in [5.74, 6) is 0.593. The minimum absolute atomic E-state index is 0.0402. The van der Waals surface area contributed by atoms with Gasteiger partial charge in [0.25, 0.3) is 0 Å². The molecule has 1 saturated heterocycles. The first-order valence-corrected chi connectivity index (χ1v) is 6.04. The first kappa shape index (κ1) is 13.0. The molecule has 1 fully saturated rings. The summed E-state index contributed by atoms with van der Waals surface area (Å²) in [5.41, 5.74) is 6.39. The zero-order valence-corrected chi connectivity index (χ0v) is 11.1. The predicted octanol–water partition coefficient (Wildman–Crippen LogP) is 1.55. The van der Waals surface area contributed by atoms with Crippen LogP contribution < -0.4 is 15.4 Å². The Labute approximate surface area is 111 Å². The second kappa shape index (κ2) is 5.04. The van der Waals surface area contributed by atoms with Crippen LogP contribution in [0.25, 0.3) is 0 Å². The number of anilines is 1. The van der Waals surface area contributed by atoms with Gasteiger partial charge in [-0.05, 0) is 18.2 Å². The third-order valence-electron chi connectivity index (χ3n) is 3.19. The molecule has 98 valence electrons. The van der Waals surface area contributed by atoms with Crippen molar-refractivity contribution in [3.63, 3.8) is 0 Å². The molecule has 0 aliphatic carbocycles. The molecule has 0 radical (unpaired) electrons. The number of carbonyl (C=O) groups is 1. The van der Waals surface area contributed by atoms with Gasteiger partial charge in [-0.25, -0.2) is 4.79 Å². The molecule has 1 atom stereocenters. The summed E-state index contributed by atoms with van der Waals surface area (Å²) >= 11 is 6.06. The maximum absolute atomic E-state index is 12.1. The minimum Gasteiger partial charge on any atom is -0.495 e. The Morgan fingerprint density at radius 2 is 2.28 bits per heavy atom. The van der Waals surface area contributed by atoms with E-state index >= 15 is 0 Å². The number of benzene rings is 1. The number of hydrogen-bond acceptors (Lipinski definition) is 3. The van der Waals surface area contributed by atoms with E-state index in [0.29, 0.717) is 23.9 Å². The smallest absolute Gasteiger partial charge is 0.324 e. The Morgan fingerprint density at radius 1 is 1.56 bits per heavy atom. The van der Waals surface area contributed by atoms with E-state index in [1.165, 1.54) is 0 Å². The standard InChI is InChI=1S/C12H16ClN3O2/c1-15-9(6-14)7-16(12(15)17)8-3-4-11(18-2)10(13)5-8/h3-5,9H,6-7,14H2,1-2H3. The van der Waals surface area contributed by atoms with E-state index in [2.05, 4.69) is 0 Å². The van der Waals surface area contributed by atoms with Gasteiger partial charge in [-0.1, -0.05) is 11.6 Å². The first-order chi connectivity index (χ1) is 8.58. The van der Waals surface area contributed by atoms with Gasteiger partial charge in [0.2, 0.25) is 0 Å². The average Bonchev–Trinajstić information content (AvgIpc) is 2.66. The van der Waals surface area contributed by atoms with Crippen LogP contribution in [0.3, 0.4) is 0 Å². The Morgan fingerprint density at radius 3 is 2.78 bits per heavy atom. The van der Waals surface area contributed by atoms with Crippen LogP contribution in [-0.4, -0.2) is 44.2 Å². The van der Waals surface area contributed by atoms with Crippen LogP contribution in [0, 0.1) is 0 Å². The van der Waals surface area contributed by atoms with Crippen molar-refractivity contribution in [2.24, 2.45) is 5.73 Å². The molecule has 0 aromatic heterocycles. The SMILES string of the molecule is COc1ccc(N2CC(CN)N(C)C2=O)cc1Cl. The van der Waals surface area contributed by atoms with Crippen LogP contribution >= 0.6 is 11.6 Å². The molecule has 2 rings (SSSR count). The lowest BCUT2D eigenvalue weighted by atomic mass is 10.2. The lowest BCUT2D eigenvalue weighted by Gasteiger charge is -2.17. The molecule has 6 heteroatoms. The third-order valence-corrected chi connectivity index (χ3v) is 3.49. The molecule has 1 aromatic rings. The van der Waals surface area contributed by atoms with Gasteiger partial charge in [0, 0.05) is 25.8 Å². The van der Waals surface area contributed by atoms with Gasteiger partial charge < -0.3 is 15.4 Å². The number of methoxy groups -OCH3 is 1. The van der Waals surface area contributed by atoms with Gasteiger partial charge in [0.05, 0.1) is 18.2 Å². The van der Waals surface area contributed by atoms with E-state index in [-0.39, 0.29) is 12.1 Å². The molecule has 1 aliphatic heterocycles. The van der Waals surface area contributed by atoms with Gasteiger partial charge >= 0.3 is 6.03 Å². The number of carbonyl (C=O) groups excluding carboxylic acids is 1. The number of likely N-dealkylation sites (N-methyl/N-ethyl adjacent to an activating group) is 1. The molecule has 2 N–H and O–H groups in total. The van der Waals surface area contributed by atoms with Crippen molar-refractivity contribution < 1.29 is 9.53 Å². The molecule has 0 saturated carbocycles. The van der Waals surface area contributed by atoms with E-state index in [4.69, 9.17) is 22.1 Å². The van der Waals surface area contributed by atoms with Crippen molar-refractivity contribution in [3.8, 4) is 5.75 Å². The Bertz CT molecular complexity index is 467. The van der Waals surface area contributed by atoms with Crippen molar-refractivity contribution in [2.45, 2.75) is 6.04 Å². The molecule has 1 aromatic carbocycles. The maximum atomic E-state index is 12.1. The number of hydrogen-bond donors (Lipinski definition) is 1. The van der Waals surface area contributed by atoms with Crippen molar-refractivity contribution in [1.82, 2.24) is 4.90 Å². The second-order valence-corrected chi connectivity index (χ2v) is 4.62. The summed E-state index contributed by atoms with van der Waals surface area (Å²) in [6.45, 7) is 1.02. The van der Waals surface area contributed by atoms with E-state index in [1.807, 2.05) is 6.07 Å². The third kappa shape index (κ3) is 2.11. The normalized spacial score (nSPS) is 19.6. The maximum Gasteiger partial charge on any atom is 0.324 e. The molecule has 2 amide bonds. The van der Waals surface area contributed by atoms with Crippen molar-refractivity contribution in [2.75, 3.05) is 32.1 Å². The van der Waals surface area contributed by atoms with Crippen LogP contribution in [0.5, 0.6) is 5.75 Å². The number of nitrogens with two attached hydrogens (primary N) is 1. The van der Waals surface area contributed by atoms with E-state index in [1.54, 1.807) is 36.1 Å². The molecular formula is C12H16ClN3O2. The van der Waals surface area contributed by atoms with E-state index < -0.39 is 0 Å². The number of rotatable bonds is 3. The summed E-state index contributed by atoms with van der Waals surface area (Å²) in [5, 5.41) is 0.488. The average molecular weight is 270 g/mol. The molecule has 1 unspecified atom stereocenters. The zero-order chi connectivity index (χ0) is 13.3. The fourth-order valence-electron chi connectivity index (χ4n) is 2.03. The van der Waals surface area contributed by atoms with Gasteiger partial charge in [0.1, 0.15) is 5.75 Å². The van der Waals surface area contributed by atoms with E-state index in [9.17, 15) is 4.79 Å². The summed E-state index contributed by atoms with van der Waals surface area (Å²) in [4.78, 5) is 15.4. The fourth-order valence-corrected chi connectivity index (χ4v) is 2.28. The van der Waals surface area contributed by atoms with Crippen LogP contribution in [-0.2, 0) is 0 Å². The fraction of sp³-hybridized carbons (Fsp3) is 0.417. The topological polar surface area (TPSA) is 58.8 Å². The van der Waals surface area contributed by atoms with Crippen LogP contribution in [0.15, 0.2) is 18.2 Å². The van der Waals surface area contributed by atoms with Gasteiger partial charge in [-0.3, -0.25) is 4.90 Å². The zero-order valence-electron chi connectivity index (χ0n) is 10.4. The summed E-state index contributed by atoms with van der Waals surface area (Å²) in [7, 11) is 3.31. The van der Waals surface area contributed by atoms with Crippen LogP contribution in [0.1, 0.15) is 0 Å². The predicted molar refractivity (Wildman–Crippen MR) is 71.4 cm³/mol. The van der Waals surface area contributed by atoms with Crippen molar-refractivity contribution in [3.05, 3.63) is 23.2 Å². The number of urea groups is 1.